The molecule has 0 aromatic carbocycles. The third kappa shape index (κ3) is 1.75. The molecule has 3 aromatic rings. The SMILES string of the molecule is OCCC(n1cccn1)(n1cccn1)n1cccn1. The van der Waals surface area contributed by atoms with Gasteiger partial charge < -0.3 is 5.11 Å². The second-order valence-electron chi connectivity index (χ2n) is 4.10. The van der Waals surface area contributed by atoms with Crippen LogP contribution in [0.15, 0.2) is 55.4 Å². The molecule has 0 saturated carbocycles. The van der Waals surface area contributed by atoms with Crippen molar-refractivity contribution in [2.45, 2.75) is 12.2 Å². The first-order valence-corrected chi connectivity index (χ1v) is 5.99. The highest BCUT2D eigenvalue weighted by atomic mass is 16.3. The lowest BCUT2D eigenvalue weighted by atomic mass is 10.2. The first-order valence-electron chi connectivity index (χ1n) is 5.99. The Labute approximate surface area is 109 Å². The molecule has 0 fully saturated rings. The molecule has 3 heterocycles. The smallest absolute Gasteiger partial charge is 0.250 e. The van der Waals surface area contributed by atoms with Gasteiger partial charge >= 0.3 is 0 Å². The second kappa shape index (κ2) is 4.69. The number of aliphatic hydroxyl groups excluding tert-OH is 1. The first kappa shape index (κ1) is 11.7. The van der Waals surface area contributed by atoms with Crippen LogP contribution in [0.1, 0.15) is 6.42 Å². The van der Waals surface area contributed by atoms with Gasteiger partial charge in [0, 0.05) is 50.2 Å². The van der Waals surface area contributed by atoms with Gasteiger partial charge in [-0.05, 0) is 18.2 Å². The average Bonchev–Trinajstić information content (AvgIpc) is 3.18. The van der Waals surface area contributed by atoms with Crippen LogP contribution in [0.2, 0.25) is 0 Å². The lowest BCUT2D eigenvalue weighted by Gasteiger charge is -2.34. The zero-order chi connectivity index (χ0) is 13.1. The van der Waals surface area contributed by atoms with Gasteiger partial charge in [0.1, 0.15) is 0 Å². The molecule has 3 aromatic heterocycles. The standard InChI is InChI=1S/C12H14N6O/c19-11-4-12(16-8-1-5-13-16,17-9-2-6-14-17)18-10-3-7-15-18/h1-3,5-10,19H,4,11H2. The summed E-state index contributed by atoms with van der Waals surface area (Å²) in [5.41, 5.74) is 0. The van der Waals surface area contributed by atoms with Crippen LogP contribution in [-0.2, 0) is 5.79 Å². The first-order chi connectivity index (χ1) is 9.38. The van der Waals surface area contributed by atoms with Gasteiger partial charge in [-0.1, -0.05) is 0 Å². The third-order valence-electron chi connectivity index (χ3n) is 3.06. The van der Waals surface area contributed by atoms with E-state index in [-0.39, 0.29) is 6.61 Å². The number of aliphatic hydroxyl groups is 1. The van der Waals surface area contributed by atoms with Gasteiger partial charge in [0.05, 0.1) is 0 Å². The van der Waals surface area contributed by atoms with Crippen LogP contribution in [0.4, 0.5) is 0 Å². The van der Waals surface area contributed by atoms with E-state index in [2.05, 4.69) is 15.3 Å². The fourth-order valence-corrected chi connectivity index (χ4v) is 2.25. The van der Waals surface area contributed by atoms with Crippen molar-refractivity contribution in [2.24, 2.45) is 0 Å². The summed E-state index contributed by atoms with van der Waals surface area (Å²) in [6.07, 6.45) is 11.0. The number of hydrogen-bond donors (Lipinski definition) is 1. The van der Waals surface area contributed by atoms with Crippen molar-refractivity contribution in [1.29, 1.82) is 0 Å². The maximum atomic E-state index is 9.48. The maximum absolute atomic E-state index is 9.48. The van der Waals surface area contributed by atoms with Crippen LogP contribution in [0.3, 0.4) is 0 Å². The van der Waals surface area contributed by atoms with Crippen molar-refractivity contribution in [1.82, 2.24) is 29.3 Å². The van der Waals surface area contributed by atoms with E-state index in [9.17, 15) is 5.11 Å². The molecule has 1 N–H and O–H groups in total. The molecule has 0 amide bonds. The van der Waals surface area contributed by atoms with E-state index in [0.717, 1.165) is 0 Å². The zero-order valence-corrected chi connectivity index (χ0v) is 10.2. The third-order valence-corrected chi connectivity index (χ3v) is 3.06. The van der Waals surface area contributed by atoms with Gasteiger partial charge in [0.15, 0.2) is 0 Å². The van der Waals surface area contributed by atoms with Crippen LogP contribution >= 0.6 is 0 Å². The normalized spacial score (nSPS) is 11.8. The minimum absolute atomic E-state index is 0.0143. The largest absolute Gasteiger partial charge is 0.396 e. The second-order valence-corrected chi connectivity index (χ2v) is 4.10. The van der Waals surface area contributed by atoms with Crippen molar-refractivity contribution in [3.8, 4) is 0 Å². The van der Waals surface area contributed by atoms with Crippen molar-refractivity contribution in [2.75, 3.05) is 6.61 Å². The Morgan fingerprint density at radius 3 is 1.47 bits per heavy atom. The van der Waals surface area contributed by atoms with Crippen LogP contribution in [0, 0.1) is 0 Å². The van der Waals surface area contributed by atoms with Crippen LogP contribution in [0.5, 0.6) is 0 Å². The van der Waals surface area contributed by atoms with Crippen molar-refractivity contribution in [3.63, 3.8) is 0 Å². The number of nitrogens with zero attached hydrogens (tertiary/aromatic N) is 6. The fraction of sp³-hybridized carbons (Fsp3) is 0.250. The van der Waals surface area contributed by atoms with E-state index in [4.69, 9.17) is 0 Å². The summed E-state index contributed by atoms with van der Waals surface area (Å²) >= 11 is 0. The van der Waals surface area contributed by atoms with E-state index in [0.29, 0.717) is 6.42 Å². The number of rotatable bonds is 5. The molecule has 0 atom stereocenters. The summed E-state index contributed by atoms with van der Waals surface area (Å²) in [6.45, 7) is -0.0143. The van der Waals surface area contributed by atoms with Gasteiger partial charge in [-0.3, -0.25) is 0 Å². The summed E-state index contributed by atoms with van der Waals surface area (Å²) in [6, 6.07) is 5.50. The Morgan fingerprint density at radius 2 is 1.21 bits per heavy atom. The van der Waals surface area contributed by atoms with Crippen LogP contribution < -0.4 is 0 Å². The van der Waals surface area contributed by atoms with Gasteiger partial charge in [0.25, 0.3) is 5.79 Å². The summed E-state index contributed by atoms with van der Waals surface area (Å²) in [5.74, 6) is -0.814. The van der Waals surface area contributed by atoms with E-state index in [1.165, 1.54) is 0 Å². The lowest BCUT2D eigenvalue weighted by molar-refractivity contribution is 0.0760. The maximum Gasteiger partial charge on any atom is 0.250 e. The molecule has 7 nitrogen and oxygen atoms in total. The average molecular weight is 258 g/mol. The highest BCUT2D eigenvalue weighted by Crippen LogP contribution is 2.23. The van der Waals surface area contributed by atoms with Crippen LogP contribution in [0.25, 0.3) is 0 Å². The Bertz CT molecular complexity index is 515. The molecule has 0 aliphatic carbocycles. The zero-order valence-electron chi connectivity index (χ0n) is 10.2. The minimum atomic E-state index is -0.814. The Kier molecular flexibility index (Phi) is 2.88. The number of aromatic nitrogens is 6. The van der Waals surface area contributed by atoms with Gasteiger partial charge in [-0.15, -0.1) is 0 Å². The Morgan fingerprint density at radius 1 is 0.789 bits per heavy atom. The summed E-state index contributed by atoms with van der Waals surface area (Å²) in [4.78, 5) is 0. The molecule has 0 saturated heterocycles. The van der Waals surface area contributed by atoms with E-state index in [1.807, 2.05) is 36.8 Å². The minimum Gasteiger partial charge on any atom is -0.396 e. The molecule has 19 heavy (non-hydrogen) atoms. The van der Waals surface area contributed by atoms with Gasteiger partial charge in [-0.2, -0.15) is 15.3 Å². The predicted molar refractivity (Wildman–Crippen MR) is 67.2 cm³/mol. The number of hydrogen-bond acceptors (Lipinski definition) is 4. The molecule has 98 valence electrons. The molecule has 0 aliphatic heterocycles. The quantitative estimate of drug-likeness (QED) is 0.717. The van der Waals surface area contributed by atoms with Crippen molar-refractivity contribution in [3.05, 3.63) is 55.4 Å². The van der Waals surface area contributed by atoms with E-state index < -0.39 is 5.79 Å². The molecule has 0 unspecified atom stereocenters. The van der Waals surface area contributed by atoms with Crippen LogP contribution in [-0.4, -0.2) is 41.1 Å². The summed E-state index contributed by atoms with van der Waals surface area (Å²) < 4.78 is 5.22. The topological polar surface area (TPSA) is 73.7 Å². The molecular weight excluding hydrogens is 244 g/mol. The highest BCUT2D eigenvalue weighted by molar-refractivity contribution is 4.97. The molecular formula is C12H14N6O. The predicted octanol–water partition coefficient (Wildman–Crippen LogP) is 0.365. The summed E-state index contributed by atoms with van der Waals surface area (Å²) in [5, 5.41) is 22.4. The molecule has 0 spiro atoms. The van der Waals surface area contributed by atoms with E-state index >= 15 is 0 Å². The molecule has 0 aliphatic rings. The Hall–Kier alpha value is -2.41. The lowest BCUT2D eigenvalue weighted by Crippen LogP contribution is -2.49. The van der Waals surface area contributed by atoms with E-state index in [1.54, 1.807) is 32.6 Å². The molecule has 0 radical (unpaired) electrons. The van der Waals surface area contributed by atoms with Gasteiger partial charge in [0.2, 0.25) is 0 Å². The molecule has 7 heteroatoms. The van der Waals surface area contributed by atoms with Crippen molar-refractivity contribution < 1.29 is 5.11 Å². The molecule has 0 bridgehead atoms. The van der Waals surface area contributed by atoms with Crippen molar-refractivity contribution >= 4 is 0 Å². The molecule has 3 rings (SSSR count). The fourth-order valence-electron chi connectivity index (χ4n) is 2.25. The summed E-state index contributed by atoms with van der Waals surface area (Å²) in [7, 11) is 0. The monoisotopic (exact) mass is 258 g/mol. The van der Waals surface area contributed by atoms with Gasteiger partial charge in [-0.25, -0.2) is 14.0 Å². The highest BCUT2D eigenvalue weighted by Gasteiger charge is 2.37. The Balaban J connectivity index is 2.24.